The smallest absolute Gasteiger partial charge is 0.231 e. The highest BCUT2D eigenvalue weighted by atomic mass is 16.7. The first kappa shape index (κ1) is 10.3. The van der Waals surface area contributed by atoms with E-state index in [-0.39, 0.29) is 0 Å². The highest BCUT2D eigenvalue weighted by Gasteiger charge is 2.17. The maximum atomic E-state index is 5.75. The number of benzene rings is 1. The molecule has 0 radical (unpaired) electrons. The van der Waals surface area contributed by atoms with Crippen LogP contribution in [-0.4, -0.2) is 11.8 Å². The molecule has 0 saturated heterocycles. The number of ether oxygens (including phenoxy) is 2. The zero-order valence-corrected chi connectivity index (χ0v) is 10.1. The summed E-state index contributed by atoms with van der Waals surface area (Å²) in [5.41, 5.74) is 10.2. The van der Waals surface area contributed by atoms with Gasteiger partial charge in [-0.3, -0.25) is 0 Å². The second-order valence-corrected chi connectivity index (χ2v) is 4.56. The summed E-state index contributed by atoms with van der Waals surface area (Å²) >= 11 is 0. The zero-order valence-electron chi connectivity index (χ0n) is 10.1. The van der Waals surface area contributed by atoms with Gasteiger partial charge in [-0.25, -0.2) is 0 Å². The van der Waals surface area contributed by atoms with E-state index in [4.69, 9.17) is 15.2 Å². The van der Waals surface area contributed by atoms with Crippen molar-refractivity contribution in [1.29, 1.82) is 0 Å². The Morgan fingerprint density at radius 2 is 1.74 bits per heavy atom. The summed E-state index contributed by atoms with van der Waals surface area (Å²) in [4.78, 5) is 3.15. The molecule has 19 heavy (non-hydrogen) atoms. The van der Waals surface area contributed by atoms with Gasteiger partial charge >= 0.3 is 0 Å². The third-order valence-electron chi connectivity index (χ3n) is 3.39. The van der Waals surface area contributed by atoms with E-state index in [1.807, 2.05) is 36.4 Å². The van der Waals surface area contributed by atoms with E-state index in [1.54, 1.807) is 0 Å². The van der Waals surface area contributed by atoms with Gasteiger partial charge in [0.05, 0.1) is 0 Å². The number of aromatic nitrogens is 1. The standard InChI is InChI=1S/C15H12N2O2/c16-15-6-3-11-10(2-4-12(11)17-15)9-1-5-13-14(7-9)19-8-18-13/h1-7,17H,8,16H2. The van der Waals surface area contributed by atoms with Crippen LogP contribution in [0.1, 0.15) is 0 Å². The Balaban J connectivity index is 1.87. The highest BCUT2D eigenvalue weighted by molar-refractivity contribution is 5.86. The van der Waals surface area contributed by atoms with Crippen molar-refractivity contribution in [3.8, 4) is 33.9 Å². The van der Waals surface area contributed by atoms with E-state index in [0.29, 0.717) is 12.6 Å². The van der Waals surface area contributed by atoms with Crippen molar-refractivity contribution < 1.29 is 9.47 Å². The van der Waals surface area contributed by atoms with Gasteiger partial charge in [0.25, 0.3) is 0 Å². The molecule has 0 saturated carbocycles. The largest absolute Gasteiger partial charge is 0.454 e. The molecule has 4 heteroatoms. The van der Waals surface area contributed by atoms with E-state index in [1.165, 1.54) is 0 Å². The number of H-pyrrole nitrogens is 1. The summed E-state index contributed by atoms with van der Waals surface area (Å²) < 4.78 is 10.7. The number of hydrogen-bond acceptors (Lipinski definition) is 3. The van der Waals surface area contributed by atoms with Gasteiger partial charge in [-0.05, 0) is 41.5 Å². The van der Waals surface area contributed by atoms with Gasteiger partial charge in [0.2, 0.25) is 6.79 Å². The lowest BCUT2D eigenvalue weighted by molar-refractivity contribution is 0.174. The normalized spacial score (nSPS) is 13.1. The molecule has 0 unspecified atom stereocenters. The second kappa shape index (κ2) is 3.68. The molecule has 3 aliphatic rings. The molecule has 1 aromatic carbocycles. The lowest BCUT2D eigenvalue weighted by Crippen LogP contribution is -1.92. The van der Waals surface area contributed by atoms with Crippen molar-refractivity contribution in [2.24, 2.45) is 0 Å². The molecular formula is C15H12N2O2. The molecule has 3 N–H and O–H groups in total. The van der Waals surface area contributed by atoms with Gasteiger partial charge in [0.15, 0.2) is 11.5 Å². The molecule has 2 aliphatic heterocycles. The predicted molar refractivity (Wildman–Crippen MR) is 73.4 cm³/mol. The molecule has 0 atom stereocenters. The highest BCUT2D eigenvalue weighted by Crippen LogP contribution is 2.40. The molecular weight excluding hydrogens is 240 g/mol. The van der Waals surface area contributed by atoms with Crippen LogP contribution < -0.4 is 15.2 Å². The number of nitrogen functional groups attached to an aromatic ring is 1. The van der Waals surface area contributed by atoms with E-state index in [9.17, 15) is 0 Å². The predicted octanol–water partition coefficient (Wildman–Crippen LogP) is 3.10. The maximum absolute atomic E-state index is 5.75. The third kappa shape index (κ3) is 1.53. The Kier molecular flexibility index (Phi) is 2.00. The number of aromatic amines is 1. The Morgan fingerprint density at radius 3 is 2.68 bits per heavy atom. The van der Waals surface area contributed by atoms with Crippen LogP contribution in [0.4, 0.5) is 5.82 Å². The first-order chi connectivity index (χ1) is 9.31. The lowest BCUT2D eigenvalue weighted by Gasteiger charge is -2.06. The number of nitrogens with two attached hydrogens (primary N) is 1. The van der Waals surface area contributed by atoms with Gasteiger partial charge in [0.1, 0.15) is 5.82 Å². The fraction of sp³-hybridized carbons (Fsp3) is 0.0667. The minimum atomic E-state index is 0.296. The molecule has 1 aliphatic carbocycles. The molecule has 94 valence electrons. The summed E-state index contributed by atoms with van der Waals surface area (Å²) in [6.07, 6.45) is 0. The molecule has 0 spiro atoms. The first-order valence-electron chi connectivity index (χ1n) is 6.08. The Bertz CT molecular complexity index is 733. The Labute approximate surface area is 110 Å². The number of pyridine rings is 1. The Morgan fingerprint density at radius 1 is 0.895 bits per heavy atom. The summed E-state index contributed by atoms with van der Waals surface area (Å²) in [6.45, 7) is 0.296. The van der Waals surface area contributed by atoms with Crippen molar-refractivity contribution in [1.82, 2.24) is 4.98 Å². The molecule has 0 bridgehead atoms. The van der Waals surface area contributed by atoms with Crippen molar-refractivity contribution in [2.45, 2.75) is 0 Å². The Hall–Kier alpha value is -2.62. The third-order valence-corrected chi connectivity index (χ3v) is 3.39. The van der Waals surface area contributed by atoms with E-state index in [0.717, 1.165) is 33.9 Å². The minimum absolute atomic E-state index is 0.296. The summed E-state index contributed by atoms with van der Waals surface area (Å²) in [5, 5.41) is 0. The molecule has 1 aromatic rings. The molecule has 0 aromatic heterocycles. The van der Waals surface area contributed by atoms with Crippen LogP contribution in [0.2, 0.25) is 0 Å². The van der Waals surface area contributed by atoms with Gasteiger partial charge in [0, 0.05) is 11.3 Å². The molecule has 4 rings (SSSR count). The number of rotatable bonds is 1. The number of fused-ring (bicyclic) bond motifs is 2. The van der Waals surface area contributed by atoms with Crippen LogP contribution in [0, 0.1) is 0 Å². The zero-order chi connectivity index (χ0) is 12.8. The van der Waals surface area contributed by atoms with Gasteiger partial charge in [-0.1, -0.05) is 12.1 Å². The molecule has 2 heterocycles. The van der Waals surface area contributed by atoms with E-state index < -0.39 is 0 Å². The quantitative estimate of drug-likeness (QED) is 0.699. The van der Waals surface area contributed by atoms with Gasteiger partial charge in [-0.2, -0.15) is 0 Å². The minimum Gasteiger partial charge on any atom is -0.454 e. The molecule has 0 fully saturated rings. The van der Waals surface area contributed by atoms with Crippen LogP contribution in [0.25, 0.3) is 22.4 Å². The molecule has 4 nitrogen and oxygen atoms in total. The van der Waals surface area contributed by atoms with Gasteiger partial charge in [-0.15, -0.1) is 0 Å². The SMILES string of the molecule is Nc1ccc2c(-c3ccc4c(c3)OCO4)ccc-2[nH]1. The van der Waals surface area contributed by atoms with Crippen LogP contribution in [-0.2, 0) is 0 Å². The van der Waals surface area contributed by atoms with Gasteiger partial charge < -0.3 is 20.2 Å². The van der Waals surface area contributed by atoms with Crippen molar-refractivity contribution >= 4 is 5.82 Å². The second-order valence-electron chi connectivity index (χ2n) is 4.56. The van der Waals surface area contributed by atoms with Crippen LogP contribution >= 0.6 is 0 Å². The monoisotopic (exact) mass is 252 g/mol. The van der Waals surface area contributed by atoms with Crippen LogP contribution in [0.15, 0.2) is 42.5 Å². The van der Waals surface area contributed by atoms with Crippen molar-refractivity contribution in [2.75, 3.05) is 12.5 Å². The van der Waals surface area contributed by atoms with E-state index >= 15 is 0 Å². The van der Waals surface area contributed by atoms with Crippen LogP contribution in [0.5, 0.6) is 11.5 Å². The van der Waals surface area contributed by atoms with E-state index in [2.05, 4.69) is 11.1 Å². The number of nitrogens with one attached hydrogen (secondary N) is 1. The fourth-order valence-electron chi connectivity index (χ4n) is 2.47. The number of hydrogen-bond donors (Lipinski definition) is 2. The summed E-state index contributed by atoms with van der Waals surface area (Å²) in [6, 6.07) is 14.0. The van der Waals surface area contributed by atoms with Crippen LogP contribution in [0.3, 0.4) is 0 Å². The maximum Gasteiger partial charge on any atom is 0.231 e. The fourth-order valence-corrected chi connectivity index (χ4v) is 2.47. The topological polar surface area (TPSA) is 60.3 Å². The lowest BCUT2D eigenvalue weighted by atomic mass is 10.0. The van der Waals surface area contributed by atoms with Crippen molar-refractivity contribution in [3.63, 3.8) is 0 Å². The average molecular weight is 252 g/mol. The average Bonchev–Trinajstić information content (AvgIpc) is 3.02. The summed E-state index contributed by atoms with van der Waals surface area (Å²) in [7, 11) is 0. The first-order valence-corrected chi connectivity index (χ1v) is 6.08. The molecule has 0 amide bonds. The summed E-state index contributed by atoms with van der Waals surface area (Å²) in [5.74, 6) is 2.26. The van der Waals surface area contributed by atoms with Crippen molar-refractivity contribution in [3.05, 3.63) is 42.5 Å². The number of anilines is 1.